The highest BCUT2D eigenvalue weighted by molar-refractivity contribution is 6.02. The van der Waals surface area contributed by atoms with Gasteiger partial charge in [0.25, 0.3) is 0 Å². The number of carbonyl (C=O) groups is 2. The quantitative estimate of drug-likeness (QED) is 0.0973. The summed E-state index contributed by atoms with van der Waals surface area (Å²) in [6, 6.07) is 7.03. The smallest absolute Gasteiger partial charge is 0.160 e. The third kappa shape index (κ3) is 7.79. The monoisotopic (exact) mass is 989 g/mol. The normalized spacial score (nSPS) is 39.6. The SMILES string of the molecule is CNCC[C@]1(C)C(=O)CC[C@@]2(C)[C@H]3[C@H](O)[C@@H]4Cn5cc(Cc6cc([C@H]7CCCC[C@@H]7CNC)cc(C7(O)CCOCC7)c6)c6[nH]cc(c65)CC[C@@](C)(C[C@@H](O)[C@H]5OC5(C)C)C5=C4[C@](C)(CC5=O)[C@@]3(C)CC[C@H]21. The molecular weight excluding hydrogens is 901 g/mol. The number of aromatic nitrogens is 2. The van der Waals surface area contributed by atoms with Gasteiger partial charge >= 0.3 is 0 Å². The molecular formula is C61H88N4O7. The maximum Gasteiger partial charge on any atom is 0.160 e. The second-order valence-corrected chi connectivity index (χ2v) is 26.8. The lowest BCUT2D eigenvalue weighted by atomic mass is 9.34. The van der Waals surface area contributed by atoms with Crippen LogP contribution in [0.3, 0.4) is 0 Å². The zero-order valence-electron chi connectivity index (χ0n) is 45.3. The van der Waals surface area contributed by atoms with Crippen LogP contribution in [0.15, 0.2) is 41.7 Å². The van der Waals surface area contributed by atoms with E-state index < -0.39 is 45.1 Å². The highest BCUT2D eigenvalue weighted by atomic mass is 16.6. The number of H-pyrrole nitrogens is 1. The van der Waals surface area contributed by atoms with E-state index in [2.05, 4.69) is 92.4 Å². The lowest BCUT2D eigenvalue weighted by molar-refractivity contribution is -0.222. The van der Waals surface area contributed by atoms with Crippen LogP contribution in [-0.4, -0.2) is 101 Å². The van der Waals surface area contributed by atoms with Crippen LogP contribution in [0.1, 0.15) is 172 Å². The molecule has 5 aliphatic carbocycles. The molecule has 3 aliphatic heterocycles. The van der Waals surface area contributed by atoms with E-state index in [0.717, 1.165) is 79.4 Å². The number of allylic oxidation sites excluding steroid dienone is 1. The molecule has 0 radical (unpaired) electrons. The highest BCUT2D eigenvalue weighted by Gasteiger charge is 2.73. The number of aromatic amines is 1. The first-order chi connectivity index (χ1) is 34.1. The van der Waals surface area contributed by atoms with Gasteiger partial charge in [0, 0.05) is 86.6 Å². The summed E-state index contributed by atoms with van der Waals surface area (Å²) in [6.45, 7) is 19.0. The van der Waals surface area contributed by atoms with Crippen molar-refractivity contribution in [1.29, 1.82) is 0 Å². The van der Waals surface area contributed by atoms with Crippen molar-refractivity contribution in [3.05, 3.63) is 69.6 Å². The second kappa shape index (κ2) is 18.0. The van der Waals surface area contributed by atoms with Crippen molar-refractivity contribution in [2.24, 2.45) is 50.7 Å². The molecule has 394 valence electrons. The predicted molar refractivity (Wildman–Crippen MR) is 282 cm³/mol. The van der Waals surface area contributed by atoms with Crippen molar-refractivity contribution in [3.63, 3.8) is 0 Å². The number of benzene rings is 1. The molecule has 0 bridgehead atoms. The van der Waals surface area contributed by atoms with Gasteiger partial charge in [-0.2, -0.15) is 0 Å². The Labute approximate surface area is 429 Å². The van der Waals surface area contributed by atoms with Crippen LogP contribution in [-0.2, 0) is 44.1 Å². The fourth-order valence-electron chi connectivity index (χ4n) is 18.3. The highest BCUT2D eigenvalue weighted by Crippen LogP contribution is 2.76. The van der Waals surface area contributed by atoms with Crippen molar-refractivity contribution in [2.45, 2.75) is 193 Å². The number of hydrogen-bond acceptors (Lipinski definition) is 9. The van der Waals surface area contributed by atoms with Gasteiger partial charge in [-0.3, -0.25) is 9.59 Å². The maximum atomic E-state index is 15.5. The lowest BCUT2D eigenvalue weighted by Crippen LogP contribution is -2.68. The minimum atomic E-state index is -0.943. The number of hydrogen-bond donors (Lipinski definition) is 6. The zero-order chi connectivity index (χ0) is 51.0. The number of nitrogens with one attached hydrogen (secondary N) is 3. The Morgan fingerprint density at radius 1 is 0.903 bits per heavy atom. The van der Waals surface area contributed by atoms with E-state index in [4.69, 9.17) is 9.47 Å². The third-order valence-electron chi connectivity index (χ3n) is 22.3. The van der Waals surface area contributed by atoms with Crippen LogP contribution in [0.25, 0.3) is 11.0 Å². The number of rotatable bonds is 12. The zero-order valence-corrected chi connectivity index (χ0v) is 45.3. The van der Waals surface area contributed by atoms with Crippen molar-refractivity contribution in [1.82, 2.24) is 20.2 Å². The fraction of sp³-hybridized carbons (Fsp3) is 0.738. The van der Waals surface area contributed by atoms with Gasteiger partial charge < -0.3 is 45.0 Å². The summed E-state index contributed by atoms with van der Waals surface area (Å²) in [7, 11) is 4.03. The number of aryl methyl sites for hydroxylation is 1. The maximum absolute atomic E-state index is 15.5. The first-order valence-corrected chi connectivity index (χ1v) is 28.4. The molecule has 2 saturated heterocycles. The van der Waals surface area contributed by atoms with E-state index in [0.29, 0.717) is 82.3 Å². The average molecular weight is 989 g/mol. The Hall–Kier alpha value is -3.16. The summed E-state index contributed by atoms with van der Waals surface area (Å²) in [5.74, 6) is 1.08. The molecule has 72 heavy (non-hydrogen) atoms. The summed E-state index contributed by atoms with van der Waals surface area (Å²) in [5, 5.41) is 45.1. The number of ketones is 2. The molecule has 13 atom stereocenters. The summed E-state index contributed by atoms with van der Waals surface area (Å²) in [5.41, 5.74) is 6.34. The van der Waals surface area contributed by atoms with Crippen molar-refractivity contribution >= 4 is 22.6 Å². The number of fused-ring (bicyclic) bond motifs is 4. The van der Waals surface area contributed by atoms with Gasteiger partial charge in [0.15, 0.2) is 5.78 Å². The molecule has 0 unspecified atom stereocenters. The van der Waals surface area contributed by atoms with Crippen LogP contribution in [0.4, 0.5) is 0 Å². The largest absolute Gasteiger partial charge is 0.392 e. The van der Waals surface area contributed by atoms with E-state index in [-0.39, 0.29) is 35.1 Å². The van der Waals surface area contributed by atoms with Crippen molar-refractivity contribution in [3.8, 4) is 0 Å². The Kier molecular flexibility index (Phi) is 12.7. The van der Waals surface area contributed by atoms with Gasteiger partial charge in [0.1, 0.15) is 11.9 Å². The molecule has 2 aromatic heterocycles. The van der Waals surface area contributed by atoms with E-state index >= 15 is 4.79 Å². The van der Waals surface area contributed by atoms with E-state index in [1.165, 1.54) is 41.5 Å². The molecule has 8 aliphatic rings. The average Bonchev–Trinajstić information content (AvgIpc) is 3.57. The van der Waals surface area contributed by atoms with Gasteiger partial charge in [-0.15, -0.1) is 0 Å². The topological polar surface area (TPSA) is 161 Å². The van der Waals surface area contributed by atoms with Crippen LogP contribution in [0.2, 0.25) is 0 Å². The molecule has 0 spiro atoms. The summed E-state index contributed by atoms with van der Waals surface area (Å²) >= 11 is 0. The summed E-state index contributed by atoms with van der Waals surface area (Å²) in [6.07, 6.45) is 15.3. The van der Waals surface area contributed by atoms with Gasteiger partial charge in [0.2, 0.25) is 0 Å². The van der Waals surface area contributed by atoms with E-state index in [1.54, 1.807) is 0 Å². The Morgan fingerprint density at radius 2 is 1.65 bits per heavy atom. The standard InChI is InChI=1S/C61H88N4O7/c1-55(2)54(72-55)45(67)30-56(3)17-14-38-33-64-50-40(27-36-26-39(42-13-11-10-12-37(42)32-63-9)29-41(28-36)61(70)21-24-71-25-22-61)34-65(51(38)50)35-43-48-49(56)44(66)31-60(48,7)59(6)19-15-46-57(4,20-23-62-8)47(68)16-18-58(46,5)53(59)52(43)69/h26,28-29,33-34,37,42-43,45-46,52-54,62-64,67,69-70H,10-25,27,30-32,35H2,1-9H3/t37-,42+,43-,45-,46+,52-,53-,54-,56+,57+,58-,59+,60+/m1/s1. The molecule has 6 N–H and O–H groups in total. The molecule has 5 heterocycles. The number of aliphatic hydroxyl groups excluding tert-OH is 2. The molecule has 6 fully saturated rings. The number of nitrogens with zero attached hydrogens (tertiary/aromatic N) is 1. The number of carbonyl (C=O) groups excluding carboxylic acids is 2. The van der Waals surface area contributed by atoms with Crippen LogP contribution < -0.4 is 10.6 Å². The minimum Gasteiger partial charge on any atom is -0.392 e. The lowest BCUT2D eigenvalue weighted by Gasteiger charge is -2.70. The summed E-state index contributed by atoms with van der Waals surface area (Å²) in [4.78, 5) is 33.5. The summed E-state index contributed by atoms with van der Waals surface area (Å²) < 4.78 is 14.3. The fourth-order valence-corrected chi connectivity index (χ4v) is 18.3. The van der Waals surface area contributed by atoms with Crippen LogP contribution >= 0.6 is 0 Å². The van der Waals surface area contributed by atoms with Gasteiger partial charge in [-0.1, -0.05) is 65.7 Å². The van der Waals surface area contributed by atoms with Crippen molar-refractivity contribution in [2.75, 3.05) is 40.4 Å². The molecule has 1 aromatic carbocycles. The number of Topliss-reactive ketones (excluding diaryl/α,β-unsaturated/α-hetero) is 2. The number of epoxide rings is 1. The van der Waals surface area contributed by atoms with Crippen molar-refractivity contribution < 1.29 is 34.4 Å². The minimum absolute atomic E-state index is 0.114. The molecule has 3 aromatic rings. The number of aliphatic hydroxyl groups is 3. The van der Waals surface area contributed by atoms with Gasteiger partial charge in [0.05, 0.1) is 34.4 Å². The van der Waals surface area contributed by atoms with Crippen LogP contribution in [0.5, 0.6) is 0 Å². The first-order valence-electron chi connectivity index (χ1n) is 28.4. The van der Waals surface area contributed by atoms with Gasteiger partial charge in [-0.25, -0.2) is 0 Å². The third-order valence-corrected chi connectivity index (χ3v) is 22.3. The Balaban J connectivity index is 1.05. The predicted octanol–water partition coefficient (Wildman–Crippen LogP) is 9.22. The van der Waals surface area contributed by atoms with E-state index in [1.807, 2.05) is 20.9 Å². The molecule has 11 rings (SSSR count). The first kappa shape index (κ1) is 51.0. The van der Waals surface area contributed by atoms with Crippen LogP contribution in [0, 0.1) is 50.7 Å². The Bertz CT molecular complexity index is 2640. The molecule has 11 heteroatoms. The molecule has 0 amide bonds. The Morgan fingerprint density at radius 3 is 2.38 bits per heavy atom. The molecule has 11 nitrogen and oxygen atoms in total. The molecule has 4 saturated carbocycles. The number of ether oxygens (including phenoxy) is 2. The van der Waals surface area contributed by atoms with E-state index in [9.17, 15) is 20.1 Å². The van der Waals surface area contributed by atoms with Gasteiger partial charge in [-0.05, 0) is 172 Å². The second-order valence-electron chi connectivity index (χ2n) is 26.8.